The number of nitrogens with zero attached hydrogens (tertiary/aromatic N) is 4. The molecule has 12 rings (SSSR count). The predicted octanol–water partition coefficient (Wildman–Crippen LogP) is 12.8. The zero-order chi connectivity index (χ0) is 34.6. The standard InChI is InChI=1S/C47H26N4O2/c1-2-11-29-25-39-37(24-28(29)10-1)34-16-7-12-27-13-8-19-38(43(27)34)51(39)47-49-45(30-22-23-33-31-14-3-5-20-40(31)52-42(33)26-30)48-46(50-47)36-18-9-17-35-32-15-4-6-21-41(32)53-44(35)36/h1-26H. The van der Waals surface area contributed by atoms with Gasteiger partial charge in [-0.1, -0.05) is 109 Å². The van der Waals surface area contributed by atoms with Gasteiger partial charge in [-0.2, -0.15) is 9.97 Å². The Bertz CT molecular complexity index is 3320. The van der Waals surface area contributed by atoms with Crippen molar-refractivity contribution in [1.82, 2.24) is 15.0 Å². The van der Waals surface area contributed by atoms with E-state index in [4.69, 9.17) is 23.8 Å². The largest absolute Gasteiger partial charge is 0.456 e. The number of anilines is 3. The van der Waals surface area contributed by atoms with E-state index in [2.05, 4.69) is 108 Å². The molecule has 0 N–H and O–H groups in total. The van der Waals surface area contributed by atoms with Crippen LogP contribution in [0.3, 0.4) is 0 Å². The van der Waals surface area contributed by atoms with Gasteiger partial charge in [0.25, 0.3) is 0 Å². The Balaban J connectivity index is 1.17. The van der Waals surface area contributed by atoms with Gasteiger partial charge in [-0.05, 0) is 70.3 Å². The summed E-state index contributed by atoms with van der Waals surface area (Å²) >= 11 is 0. The van der Waals surface area contributed by atoms with Crippen LogP contribution < -0.4 is 4.90 Å². The summed E-state index contributed by atoms with van der Waals surface area (Å²) in [6.45, 7) is 0. The second-order valence-corrected chi connectivity index (χ2v) is 13.6. The number of fused-ring (bicyclic) bond motifs is 9. The Morgan fingerprint density at radius 2 is 1.04 bits per heavy atom. The van der Waals surface area contributed by atoms with E-state index in [1.165, 1.54) is 10.9 Å². The van der Waals surface area contributed by atoms with Crippen molar-refractivity contribution in [2.75, 3.05) is 4.90 Å². The SMILES string of the molecule is c1ccc2cc3c(cc2c1)-c1cccc2cccc(c12)N3c1nc(-c2ccc3c(c2)oc2ccccc23)nc(-c2cccc3c2oc2ccccc23)n1. The van der Waals surface area contributed by atoms with Gasteiger partial charge < -0.3 is 8.83 Å². The molecule has 4 heterocycles. The summed E-state index contributed by atoms with van der Waals surface area (Å²) in [5.41, 5.74) is 9.13. The molecule has 0 aliphatic carbocycles. The molecule has 0 unspecified atom stereocenters. The van der Waals surface area contributed by atoms with Crippen molar-refractivity contribution in [3.05, 3.63) is 158 Å². The van der Waals surface area contributed by atoms with E-state index in [9.17, 15) is 0 Å². The summed E-state index contributed by atoms with van der Waals surface area (Å²) in [7, 11) is 0. The maximum atomic E-state index is 6.53. The quantitative estimate of drug-likeness (QED) is 0.185. The third-order valence-corrected chi connectivity index (χ3v) is 10.6. The van der Waals surface area contributed by atoms with Crippen LogP contribution in [0.2, 0.25) is 0 Å². The lowest BCUT2D eigenvalue weighted by Gasteiger charge is -2.32. The Kier molecular flexibility index (Phi) is 5.68. The first-order chi connectivity index (χ1) is 26.2. The number of rotatable bonds is 3. The maximum absolute atomic E-state index is 6.53. The summed E-state index contributed by atoms with van der Waals surface area (Å²) in [5.74, 6) is 1.57. The maximum Gasteiger partial charge on any atom is 0.238 e. The van der Waals surface area contributed by atoms with Gasteiger partial charge in [0.05, 0.1) is 16.9 Å². The van der Waals surface area contributed by atoms with Crippen LogP contribution in [0.15, 0.2) is 167 Å². The van der Waals surface area contributed by atoms with Gasteiger partial charge in [-0.25, -0.2) is 4.98 Å². The van der Waals surface area contributed by atoms with E-state index in [-0.39, 0.29) is 0 Å². The number of benzene rings is 8. The van der Waals surface area contributed by atoms with E-state index in [1.807, 2.05) is 54.6 Å². The van der Waals surface area contributed by atoms with E-state index < -0.39 is 0 Å². The van der Waals surface area contributed by atoms with Gasteiger partial charge in [0.2, 0.25) is 5.95 Å². The third kappa shape index (κ3) is 4.11. The third-order valence-electron chi connectivity index (χ3n) is 10.6. The molecular formula is C47H26N4O2. The lowest BCUT2D eigenvalue weighted by atomic mass is 9.90. The highest BCUT2D eigenvalue weighted by atomic mass is 16.3. The summed E-state index contributed by atoms with van der Waals surface area (Å²) in [6, 6.07) is 54.6. The van der Waals surface area contributed by atoms with E-state index >= 15 is 0 Å². The fourth-order valence-corrected chi connectivity index (χ4v) is 8.21. The molecule has 0 saturated heterocycles. The average Bonchev–Trinajstić information content (AvgIpc) is 3.78. The summed E-state index contributed by atoms with van der Waals surface area (Å²) in [6.07, 6.45) is 0. The molecule has 246 valence electrons. The number of para-hydroxylation sites is 3. The van der Waals surface area contributed by atoms with Crippen LogP contribution in [-0.2, 0) is 0 Å². The van der Waals surface area contributed by atoms with Gasteiger partial charge in [-0.15, -0.1) is 0 Å². The zero-order valence-corrected chi connectivity index (χ0v) is 28.1. The molecule has 6 nitrogen and oxygen atoms in total. The molecule has 0 saturated carbocycles. The van der Waals surface area contributed by atoms with Crippen LogP contribution in [0.5, 0.6) is 0 Å². The van der Waals surface area contributed by atoms with E-state index in [1.54, 1.807) is 0 Å². The van der Waals surface area contributed by atoms with Crippen LogP contribution in [0, 0.1) is 0 Å². The van der Waals surface area contributed by atoms with Crippen molar-refractivity contribution in [3.63, 3.8) is 0 Å². The monoisotopic (exact) mass is 678 g/mol. The number of hydrogen-bond donors (Lipinski definition) is 0. The second kappa shape index (κ2) is 10.6. The Morgan fingerprint density at radius 1 is 0.396 bits per heavy atom. The fraction of sp³-hybridized carbons (Fsp3) is 0. The van der Waals surface area contributed by atoms with Gasteiger partial charge in [0.1, 0.15) is 22.3 Å². The van der Waals surface area contributed by atoms with Crippen molar-refractivity contribution in [3.8, 4) is 33.9 Å². The molecule has 11 aromatic rings. The van der Waals surface area contributed by atoms with Crippen LogP contribution in [0.1, 0.15) is 0 Å². The molecule has 8 aromatic carbocycles. The average molecular weight is 679 g/mol. The van der Waals surface area contributed by atoms with Crippen molar-refractivity contribution >= 4 is 82.7 Å². The number of aromatic nitrogens is 3. The van der Waals surface area contributed by atoms with Crippen LogP contribution >= 0.6 is 0 Å². The summed E-state index contributed by atoms with van der Waals surface area (Å²) < 4.78 is 12.9. The van der Waals surface area contributed by atoms with Crippen molar-refractivity contribution in [2.24, 2.45) is 0 Å². The normalized spacial score (nSPS) is 12.5. The lowest BCUT2D eigenvalue weighted by Crippen LogP contribution is -2.19. The highest BCUT2D eigenvalue weighted by Crippen LogP contribution is 2.51. The molecule has 0 atom stereocenters. The molecule has 6 heteroatoms. The molecule has 0 spiro atoms. The van der Waals surface area contributed by atoms with Gasteiger partial charge >= 0.3 is 0 Å². The zero-order valence-electron chi connectivity index (χ0n) is 28.1. The highest BCUT2D eigenvalue weighted by Gasteiger charge is 2.30. The van der Waals surface area contributed by atoms with Crippen LogP contribution in [0.25, 0.3) is 99.3 Å². The van der Waals surface area contributed by atoms with Crippen molar-refractivity contribution in [2.45, 2.75) is 0 Å². The highest BCUT2D eigenvalue weighted by molar-refractivity contribution is 6.15. The van der Waals surface area contributed by atoms with Crippen LogP contribution in [0.4, 0.5) is 17.3 Å². The van der Waals surface area contributed by atoms with Gasteiger partial charge in [0.15, 0.2) is 11.6 Å². The molecule has 53 heavy (non-hydrogen) atoms. The first kappa shape index (κ1) is 28.4. The number of hydrogen-bond acceptors (Lipinski definition) is 6. The Hall–Kier alpha value is -7.31. The first-order valence-electron chi connectivity index (χ1n) is 17.7. The van der Waals surface area contributed by atoms with Gasteiger partial charge in [-0.3, -0.25) is 4.90 Å². The molecule has 3 aromatic heterocycles. The molecule has 0 radical (unpaired) electrons. The van der Waals surface area contributed by atoms with Crippen molar-refractivity contribution < 1.29 is 8.83 Å². The number of furan rings is 2. The van der Waals surface area contributed by atoms with E-state index in [0.29, 0.717) is 17.6 Å². The summed E-state index contributed by atoms with van der Waals surface area (Å²) in [4.78, 5) is 18.0. The van der Waals surface area contributed by atoms with Gasteiger partial charge in [0, 0.05) is 38.1 Å². The Labute approximate surface area is 302 Å². The minimum atomic E-state index is 0.515. The first-order valence-corrected chi connectivity index (χ1v) is 17.7. The Morgan fingerprint density at radius 3 is 1.91 bits per heavy atom. The van der Waals surface area contributed by atoms with Crippen molar-refractivity contribution in [1.29, 1.82) is 0 Å². The van der Waals surface area contributed by atoms with Crippen LogP contribution in [-0.4, -0.2) is 15.0 Å². The molecule has 1 aliphatic rings. The topological polar surface area (TPSA) is 68.2 Å². The smallest absolute Gasteiger partial charge is 0.238 e. The van der Waals surface area contributed by atoms with E-state index in [0.717, 1.165) is 88.1 Å². The second-order valence-electron chi connectivity index (χ2n) is 13.6. The molecule has 0 fully saturated rings. The minimum absolute atomic E-state index is 0.515. The summed E-state index contributed by atoms with van der Waals surface area (Å²) in [5, 5.41) is 8.81. The minimum Gasteiger partial charge on any atom is -0.456 e. The predicted molar refractivity (Wildman–Crippen MR) is 214 cm³/mol. The lowest BCUT2D eigenvalue weighted by molar-refractivity contribution is 0.668. The molecule has 0 bridgehead atoms. The molecule has 0 amide bonds. The molecule has 1 aliphatic heterocycles. The fourth-order valence-electron chi connectivity index (χ4n) is 8.21. The molecular weight excluding hydrogens is 653 g/mol.